The number of carboxylic acids is 1. The number of hydrogen-bond donors (Lipinski definition) is 1. The predicted molar refractivity (Wildman–Crippen MR) is 99.2 cm³/mol. The Hall–Kier alpha value is -3.25. The molecule has 4 aromatic rings. The molecule has 0 bridgehead atoms. The zero-order chi connectivity index (χ0) is 18.8. The summed E-state index contributed by atoms with van der Waals surface area (Å²) in [5.41, 5.74) is 2.85. The first-order chi connectivity index (χ1) is 13.2. The van der Waals surface area contributed by atoms with Crippen molar-refractivity contribution in [1.29, 1.82) is 0 Å². The zero-order valence-electron chi connectivity index (χ0n) is 14.9. The van der Waals surface area contributed by atoms with Gasteiger partial charge in [0.25, 0.3) is 5.82 Å². The van der Waals surface area contributed by atoms with Gasteiger partial charge in [-0.05, 0) is 17.7 Å². The molecule has 0 saturated heterocycles. The van der Waals surface area contributed by atoms with Crippen LogP contribution >= 0.6 is 0 Å². The first-order valence-corrected chi connectivity index (χ1v) is 8.93. The first kappa shape index (κ1) is 17.2. The third-order valence-corrected chi connectivity index (χ3v) is 4.57. The standard InChI is InChI=1S/C21H19N3O3/c1-2-17-23-18-14-10-6-7-11-16(14)27-19(18)20(24-17)22-15(21(25)26)12-13-8-4-3-5-9-13/h3-11,15H,2,12H2,1H3,(H,25,26)(H,22,23,24)/t15-/m0/s1. The van der Waals surface area contributed by atoms with E-state index < -0.39 is 12.0 Å². The third-order valence-electron chi connectivity index (χ3n) is 4.57. The summed E-state index contributed by atoms with van der Waals surface area (Å²) in [6.07, 6.45) is 0.974. The van der Waals surface area contributed by atoms with Crippen molar-refractivity contribution in [2.45, 2.75) is 25.8 Å². The van der Waals surface area contributed by atoms with Crippen LogP contribution in [0.25, 0.3) is 22.1 Å². The van der Waals surface area contributed by atoms with E-state index >= 15 is 0 Å². The SMILES string of the molecule is CCc1nc([NH2+][C@@H](Cc2ccccc2)C(=O)[O-])c2oc3ccccc3c2n1. The van der Waals surface area contributed by atoms with Gasteiger partial charge in [0, 0.05) is 18.2 Å². The summed E-state index contributed by atoms with van der Waals surface area (Å²) in [6.45, 7) is 1.97. The number of carbonyl (C=O) groups is 1. The number of fused-ring (bicyclic) bond motifs is 3. The fraction of sp³-hybridized carbons (Fsp3) is 0.190. The Morgan fingerprint density at radius 3 is 2.59 bits per heavy atom. The molecule has 0 saturated carbocycles. The molecular weight excluding hydrogens is 342 g/mol. The van der Waals surface area contributed by atoms with Crippen molar-refractivity contribution in [3.63, 3.8) is 0 Å². The predicted octanol–water partition coefficient (Wildman–Crippen LogP) is 1.49. The summed E-state index contributed by atoms with van der Waals surface area (Å²) < 4.78 is 5.94. The van der Waals surface area contributed by atoms with Crippen molar-refractivity contribution in [3.8, 4) is 0 Å². The van der Waals surface area contributed by atoms with Crippen LogP contribution in [0.1, 0.15) is 18.3 Å². The van der Waals surface area contributed by atoms with Gasteiger partial charge in [0.15, 0.2) is 0 Å². The Bertz CT molecular complexity index is 1110. The molecule has 2 N–H and O–H groups in total. The molecule has 136 valence electrons. The molecule has 0 aliphatic carbocycles. The number of furan rings is 1. The molecule has 0 spiro atoms. The van der Waals surface area contributed by atoms with E-state index in [0.717, 1.165) is 10.9 Å². The quantitative estimate of drug-likeness (QED) is 0.561. The fourth-order valence-corrected chi connectivity index (χ4v) is 3.20. The van der Waals surface area contributed by atoms with Crippen LogP contribution in [0.5, 0.6) is 0 Å². The molecule has 0 aliphatic rings. The Morgan fingerprint density at radius 1 is 1.11 bits per heavy atom. The number of hydrogen-bond acceptors (Lipinski definition) is 5. The van der Waals surface area contributed by atoms with E-state index in [1.54, 1.807) is 5.32 Å². The van der Waals surface area contributed by atoms with Gasteiger partial charge in [-0.15, -0.1) is 0 Å². The maximum absolute atomic E-state index is 11.8. The van der Waals surface area contributed by atoms with E-state index in [0.29, 0.717) is 41.2 Å². The Morgan fingerprint density at radius 2 is 1.85 bits per heavy atom. The number of carbonyl (C=O) groups excluding carboxylic acids is 1. The van der Waals surface area contributed by atoms with Crippen LogP contribution in [0.3, 0.4) is 0 Å². The zero-order valence-corrected chi connectivity index (χ0v) is 14.9. The second-order valence-corrected chi connectivity index (χ2v) is 6.44. The lowest BCUT2D eigenvalue weighted by molar-refractivity contribution is -0.609. The minimum Gasteiger partial charge on any atom is -0.544 e. The van der Waals surface area contributed by atoms with Crippen molar-refractivity contribution in [3.05, 3.63) is 66.0 Å². The number of benzene rings is 2. The van der Waals surface area contributed by atoms with E-state index in [9.17, 15) is 9.90 Å². The first-order valence-electron chi connectivity index (χ1n) is 8.93. The van der Waals surface area contributed by atoms with E-state index in [1.165, 1.54) is 0 Å². The number of quaternary nitrogens is 1. The maximum Gasteiger partial charge on any atom is 0.272 e. The van der Waals surface area contributed by atoms with Crippen LogP contribution in [-0.2, 0) is 17.6 Å². The van der Waals surface area contributed by atoms with E-state index in [2.05, 4.69) is 9.97 Å². The molecule has 2 aromatic carbocycles. The number of aryl methyl sites for hydroxylation is 1. The van der Waals surface area contributed by atoms with Crippen LogP contribution in [0.15, 0.2) is 59.0 Å². The summed E-state index contributed by atoms with van der Waals surface area (Å²) in [7, 11) is 0. The average Bonchev–Trinajstić information content (AvgIpc) is 3.07. The molecule has 0 radical (unpaired) electrons. The number of carboxylic acid groups (broad SMARTS) is 1. The van der Waals surface area contributed by atoms with Crippen LogP contribution in [-0.4, -0.2) is 22.0 Å². The average molecular weight is 361 g/mol. The second kappa shape index (κ2) is 7.17. The minimum absolute atomic E-state index is 0.330. The molecule has 1 atom stereocenters. The van der Waals surface area contributed by atoms with Gasteiger partial charge in [-0.3, -0.25) is 5.32 Å². The minimum atomic E-state index is -1.14. The van der Waals surface area contributed by atoms with Gasteiger partial charge in [-0.2, -0.15) is 4.98 Å². The highest BCUT2D eigenvalue weighted by Gasteiger charge is 2.23. The highest BCUT2D eigenvalue weighted by molar-refractivity contribution is 6.04. The second-order valence-electron chi connectivity index (χ2n) is 6.44. The van der Waals surface area contributed by atoms with Gasteiger partial charge >= 0.3 is 0 Å². The Kier molecular flexibility index (Phi) is 4.56. The van der Waals surface area contributed by atoms with Crippen molar-refractivity contribution in [2.75, 3.05) is 0 Å². The summed E-state index contributed by atoms with van der Waals surface area (Å²) in [5, 5.41) is 14.3. The number of aromatic nitrogens is 2. The van der Waals surface area contributed by atoms with Crippen molar-refractivity contribution >= 4 is 33.9 Å². The number of nitrogens with zero attached hydrogens (tertiary/aromatic N) is 2. The number of para-hydroxylation sites is 1. The van der Waals surface area contributed by atoms with Crippen LogP contribution < -0.4 is 10.4 Å². The monoisotopic (exact) mass is 361 g/mol. The summed E-state index contributed by atoms with van der Waals surface area (Å²) in [5.74, 6) is 0.00932. The molecule has 0 aliphatic heterocycles. The summed E-state index contributed by atoms with van der Waals surface area (Å²) >= 11 is 0. The third kappa shape index (κ3) is 3.39. The molecule has 0 unspecified atom stereocenters. The van der Waals surface area contributed by atoms with Crippen molar-refractivity contribution in [1.82, 2.24) is 9.97 Å². The molecule has 2 heterocycles. The molecular formula is C21H19N3O3. The van der Waals surface area contributed by atoms with Gasteiger partial charge in [0.2, 0.25) is 5.58 Å². The van der Waals surface area contributed by atoms with Crippen LogP contribution in [0, 0.1) is 0 Å². The van der Waals surface area contributed by atoms with Gasteiger partial charge in [-0.25, -0.2) is 4.98 Å². The Balaban J connectivity index is 1.78. The number of rotatable bonds is 6. The molecule has 0 amide bonds. The highest BCUT2D eigenvalue weighted by Crippen LogP contribution is 2.29. The molecule has 6 heteroatoms. The lowest BCUT2D eigenvalue weighted by Crippen LogP contribution is -2.89. The molecule has 4 rings (SSSR count). The summed E-state index contributed by atoms with van der Waals surface area (Å²) in [4.78, 5) is 20.9. The Labute approximate surface area is 155 Å². The van der Waals surface area contributed by atoms with Crippen molar-refractivity contribution < 1.29 is 19.6 Å². The van der Waals surface area contributed by atoms with Crippen molar-refractivity contribution in [2.24, 2.45) is 0 Å². The van der Waals surface area contributed by atoms with E-state index in [1.807, 2.05) is 61.5 Å². The molecule has 2 aromatic heterocycles. The molecule has 6 nitrogen and oxygen atoms in total. The topological polar surface area (TPSA) is 95.7 Å². The lowest BCUT2D eigenvalue weighted by atomic mass is 10.1. The van der Waals surface area contributed by atoms with Gasteiger partial charge in [0.1, 0.15) is 23.0 Å². The smallest absolute Gasteiger partial charge is 0.272 e. The lowest BCUT2D eigenvalue weighted by Gasteiger charge is -2.16. The number of aliphatic carboxylic acids is 1. The van der Waals surface area contributed by atoms with Crippen LogP contribution in [0.4, 0.5) is 5.82 Å². The van der Waals surface area contributed by atoms with Gasteiger partial charge in [-0.1, -0.05) is 49.4 Å². The normalized spacial score (nSPS) is 12.5. The van der Waals surface area contributed by atoms with E-state index in [-0.39, 0.29) is 0 Å². The largest absolute Gasteiger partial charge is 0.544 e. The fourth-order valence-electron chi connectivity index (χ4n) is 3.20. The summed E-state index contributed by atoms with van der Waals surface area (Å²) in [6, 6.07) is 16.3. The highest BCUT2D eigenvalue weighted by atomic mass is 16.4. The molecule has 0 fully saturated rings. The van der Waals surface area contributed by atoms with E-state index in [4.69, 9.17) is 4.42 Å². The van der Waals surface area contributed by atoms with Crippen LogP contribution in [0.2, 0.25) is 0 Å². The maximum atomic E-state index is 11.8. The van der Waals surface area contributed by atoms with Gasteiger partial charge in [0.05, 0.1) is 5.97 Å². The van der Waals surface area contributed by atoms with Gasteiger partial charge < -0.3 is 14.3 Å². The number of nitrogens with two attached hydrogens (primary N) is 1. The molecule has 27 heavy (non-hydrogen) atoms.